The van der Waals surface area contributed by atoms with Crippen LogP contribution in [0, 0.1) is 11.3 Å². The number of hydrogen-bond donors (Lipinski definition) is 0. The van der Waals surface area contributed by atoms with Gasteiger partial charge in [0.2, 0.25) is 0 Å². The summed E-state index contributed by atoms with van der Waals surface area (Å²) in [6, 6.07) is 72.6. The first-order chi connectivity index (χ1) is 30.8. The van der Waals surface area contributed by atoms with E-state index in [1.165, 1.54) is 82.7 Å². The molecule has 0 saturated carbocycles. The number of rotatable bonds is 5. The molecule has 0 aliphatic carbocycles. The lowest BCUT2D eigenvalue weighted by Gasteiger charge is -2.35. The predicted octanol–water partition coefficient (Wildman–Crippen LogP) is 13.2. The van der Waals surface area contributed by atoms with Crippen molar-refractivity contribution in [3.8, 4) is 78.9 Å². The van der Waals surface area contributed by atoms with Crippen molar-refractivity contribution < 1.29 is 4.74 Å². The van der Waals surface area contributed by atoms with Crippen molar-refractivity contribution in [2.75, 3.05) is 0 Å². The van der Waals surface area contributed by atoms with Gasteiger partial charge in [0.25, 0.3) is 6.71 Å². The summed E-state index contributed by atoms with van der Waals surface area (Å²) < 4.78 is 9.63. The second-order valence-electron chi connectivity index (χ2n) is 18.0. The van der Waals surface area contributed by atoms with Gasteiger partial charge in [-0.2, -0.15) is 5.26 Å². The van der Waals surface area contributed by atoms with Crippen LogP contribution in [0.4, 0.5) is 0 Å². The van der Waals surface area contributed by atoms with Crippen LogP contribution >= 0.6 is 0 Å². The number of nitrogens with zero attached hydrogens (tertiary/aromatic N) is 2. The minimum Gasteiger partial charge on any atom is -0.458 e. The molecular formula is C59H41BN2O. The molecule has 10 aromatic rings. The summed E-state index contributed by atoms with van der Waals surface area (Å²) in [6.07, 6.45) is 0. The number of fused-ring (bicyclic) bond motifs is 7. The van der Waals surface area contributed by atoms with Crippen LogP contribution in [0.2, 0.25) is 0 Å². The summed E-state index contributed by atoms with van der Waals surface area (Å²) in [6.45, 7) is 6.70. The third-order valence-corrected chi connectivity index (χ3v) is 13.3. The first kappa shape index (κ1) is 36.9. The van der Waals surface area contributed by atoms with E-state index in [0.717, 1.165) is 33.8 Å². The fourth-order valence-electron chi connectivity index (χ4n) is 10.2. The van der Waals surface area contributed by atoms with Crippen molar-refractivity contribution in [1.82, 2.24) is 4.57 Å². The lowest BCUT2D eigenvalue weighted by atomic mass is 9.34. The molecule has 9 aromatic carbocycles. The van der Waals surface area contributed by atoms with Crippen LogP contribution in [0.25, 0.3) is 83.1 Å². The van der Waals surface area contributed by atoms with Gasteiger partial charge in [-0.1, -0.05) is 166 Å². The van der Waals surface area contributed by atoms with Crippen molar-refractivity contribution in [2.45, 2.75) is 26.2 Å². The van der Waals surface area contributed by atoms with Crippen LogP contribution in [0.1, 0.15) is 31.9 Å². The van der Waals surface area contributed by atoms with E-state index in [0.29, 0.717) is 5.56 Å². The Kier molecular flexibility index (Phi) is 8.26. The maximum Gasteiger partial charge on any atom is 0.256 e. The maximum absolute atomic E-state index is 9.66. The topological polar surface area (TPSA) is 37.9 Å². The number of hydrogen-bond acceptors (Lipinski definition) is 2. The fraction of sp³-hybridized carbons (Fsp3) is 0.0678. The van der Waals surface area contributed by atoms with Crippen molar-refractivity contribution in [3.63, 3.8) is 0 Å². The van der Waals surface area contributed by atoms with Gasteiger partial charge >= 0.3 is 0 Å². The number of nitriles is 1. The van der Waals surface area contributed by atoms with Gasteiger partial charge in [0.15, 0.2) is 0 Å². The van der Waals surface area contributed by atoms with E-state index in [1.807, 2.05) is 24.3 Å². The largest absolute Gasteiger partial charge is 0.458 e. The lowest BCUT2D eigenvalue weighted by molar-refractivity contribution is 0.483. The summed E-state index contributed by atoms with van der Waals surface area (Å²) in [5.41, 5.74) is 20.5. The third-order valence-electron chi connectivity index (χ3n) is 13.3. The Balaban J connectivity index is 1.20. The quantitative estimate of drug-likeness (QED) is 0.163. The first-order valence-corrected chi connectivity index (χ1v) is 21.8. The van der Waals surface area contributed by atoms with Gasteiger partial charge in [0, 0.05) is 22.0 Å². The standard InChI is InChI=1S/C59H41BN2O/c1-59(2,3)44-27-28-51-55(35-44)63-56-34-42(38-24-22-37(36-61)23-25-38)33-54-57(56)60(51)52-32-43(48-21-13-11-19-46(48)40-16-8-5-9-17-40)31-50-49-30-41(26-29-53(49)62(54)58(50)52)47-20-12-10-18-45(47)39-14-6-4-7-15-39/h4-35H,1-3H3. The average Bonchev–Trinajstić information content (AvgIpc) is 3.66. The zero-order valence-electron chi connectivity index (χ0n) is 35.4. The van der Waals surface area contributed by atoms with Crippen molar-refractivity contribution in [2.24, 2.45) is 0 Å². The zero-order valence-corrected chi connectivity index (χ0v) is 35.4. The minimum atomic E-state index is -0.0794. The van der Waals surface area contributed by atoms with Crippen molar-refractivity contribution in [1.29, 1.82) is 5.26 Å². The van der Waals surface area contributed by atoms with Crippen molar-refractivity contribution in [3.05, 3.63) is 205 Å². The Hall–Kier alpha value is -7.87. The molecule has 0 fully saturated rings. The molecule has 0 radical (unpaired) electrons. The van der Waals surface area contributed by atoms with Crippen LogP contribution in [0.3, 0.4) is 0 Å². The molecule has 0 unspecified atom stereocenters. The highest BCUT2D eigenvalue weighted by atomic mass is 16.5. The van der Waals surface area contributed by atoms with Crippen LogP contribution in [0.15, 0.2) is 194 Å². The van der Waals surface area contributed by atoms with Gasteiger partial charge < -0.3 is 9.30 Å². The Morgan fingerprint density at radius 3 is 1.70 bits per heavy atom. The highest BCUT2D eigenvalue weighted by molar-refractivity contribution is 6.99. The summed E-state index contributed by atoms with van der Waals surface area (Å²) in [5.74, 6) is 1.76. The second-order valence-corrected chi connectivity index (χ2v) is 18.0. The molecule has 3 heterocycles. The highest BCUT2D eigenvalue weighted by Gasteiger charge is 2.41. The molecule has 0 saturated heterocycles. The summed E-state index contributed by atoms with van der Waals surface area (Å²) in [5, 5.41) is 12.1. The molecule has 4 heteroatoms. The molecular weight excluding hydrogens is 763 g/mol. The van der Waals surface area contributed by atoms with Gasteiger partial charge in [-0.25, -0.2) is 0 Å². The molecule has 2 aliphatic heterocycles. The Morgan fingerprint density at radius 2 is 1.06 bits per heavy atom. The van der Waals surface area contributed by atoms with Gasteiger partial charge in [-0.3, -0.25) is 0 Å². The van der Waals surface area contributed by atoms with E-state index in [1.54, 1.807) is 0 Å². The van der Waals surface area contributed by atoms with Gasteiger partial charge in [0.1, 0.15) is 11.5 Å². The Bertz CT molecular complexity index is 3520. The highest BCUT2D eigenvalue weighted by Crippen LogP contribution is 2.44. The van der Waals surface area contributed by atoms with E-state index in [2.05, 4.69) is 201 Å². The van der Waals surface area contributed by atoms with Crippen LogP contribution in [0.5, 0.6) is 11.5 Å². The smallest absolute Gasteiger partial charge is 0.256 e. The maximum atomic E-state index is 9.66. The predicted molar refractivity (Wildman–Crippen MR) is 263 cm³/mol. The van der Waals surface area contributed by atoms with Gasteiger partial charge in [-0.15, -0.1) is 0 Å². The molecule has 0 N–H and O–H groups in total. The van der Waals surface area contributed by atoms with E-state index in [-0.39, 0.29) is 12.1 Å². The van der Waals surface area contributed by atoms with Crippen LogP contribution < -0.4 is 21.1 Å². The van der Waals surface area contributed by atoms with Crippen LogP contribution in [-0.2, 0) is 5.41 Å². The summed E-state index contributed by atoms with van der Waals surface area (Å²) in [7, 11) is 0. The Morgan fingerprint density at radius 1 is 0.476 bits per heavy atom. The molecule has 12 rings (SSSR count). The molecule has 296 valence electrons. The SMILES string of the molecule is CC(C)(C)c1ccc2c(c1)Oc1cc(-c3ccc(C#N)cc3)cc3c1B2c1cc(-c2ccccc2-c2ccccc2)cc2c4cc(-c5ccccc5-c5ccccc5)ccc4n-3c12. The third kappa shape index (κ3) is 5.88. The number of aromatic nitrogens is 1. The van der Waals surface area contributed by atoms with E-state index in [4.69, 9.17) is 4.74 Å². The molecule has 63 heavy (non-hydrogen) atoms. The number of benzene rings is 9. The molecule has 0 spiro atoms. The van der Waals surface area contributed by atoms with Crippen molar-refractivity contribution >= 4 is 44.9 Å². The average molecular weight is 805 g/mol. The molecule has 0 amide bonds. The second kappa shape index (κ2) is 14.1. The number of ether oxygens (including phenoxy) is 1. The molecule has 1 aromatic heterocycles. The monoisotopic (exact) mass is 804 g/mol. The van der Waals surface area contributed by atoms with Gasteiger partial charge in [-0.05, 0) is 132 Å². The molecule has 0 bridgehead atoms. The zero-order chi connectivity index (χ0) is 42.4. The van der Waals surface area contributed by atoms with E-state index >= 15 is 0 Å². The van der Waals surface area contributed by atoms with E-state index < -0.39 is 0 Å². The molecule has 2 aliphatic rings. The van der Waals surface area contributed by atoms with Gasteiger partial charge in [0.05, 0.1) is 17.1 Å². The fourth-order valence-corrected chi connectivity index (χ4v) is 10.2. The molecule has 0 atom stereocenters. The first-order valence-electron chi connectivity index (χ1n) is 21.8. The van der Waals surface area contributed by atoms with Crippen LogP contribution in [-0.4, -0.2) is 11.3 Å². The lowest BCUT2D eigenvalue weighted by Crippen LogP contribution is -2.58. The summed E-state index contributed by atoms with van der Waals surface area (Å²) in [4.78, 5) is 0. The summed E-state index contributed by atoms with van der Waals surface area (Å²) >= 11 is 0. The Labute approximate surface area is 368 Å². The molecule has 3 nitrogen and oxygen atoms in total. The normalized spacial score (nSPS) is 12.4. The van der Waals surface area contributed by atoms with E-state index in [9.17, 15) is 5.26 Å². The minimum absolute atomic E-state index is 0.0572.